The minimum atomic E-state index is -0.672. The number of rotatable bonds is 9. The molecule has 3 aromatic rings. The van der Waals surface area contributed by atoms with E-state index < -0.39 is 12.1 Å². The lowest BCUT2D eigenvalue weighted by atomic mass is 9.87. The summed E-state index contributed by atoms with van der Waals surface area (Å²) in [5.41, 5.74) is 3.66. The maximum absolute atomic E-state index is 14.2. The topological polar surface area (TPSA) is 71.5 Å². The Morgan fingerprint density at radius 1 is 1.14 bits per heavy atom. The fourth-order valence-electron chi connectivity index (χ4n) is 4.73. The SMILES string of the molecule is CC[C@H](Oc1ccc2c(c1)[C@@H](c1cccc(F)c1)N(C(=O)CC(C)C)CC2)C(=O)NCc1ccncc1. The molecule has 1 N–H and O–H groups in total. The molecule has 1 aliphatic rings. The number of hydrogen-bond acceptors (Lipinski definition) is 4. The normalized spacial score (nSPS) is 15.7. The van der Waals surface area contributed by atoms with Crippen molar-refractivity contribution < 1.29 is 18.7 Å². The maximum atomic E-state index is 14.2. The molecule has 4 rings (SSSR count). The first kappa shape index (κ1) is 26.3. The third-order valence-corrected chi connectivity index (χ3v) is 6.57. The van der Waals surface area contributed by atoms with Gasteiger partial charge in [-0.2, -0.15) is 0 Å². The summed E-state index contributed by atoms with van der Waals surface area (Å²) < 4.78 is 20.4. The molecule has 2 aromatic carbocycles. The van der Waals surface area contributed by atoms with Gasteiger partial charge in [-0.15, -0.1) is 0 Å². The van der Waals surface area contributed by atoms with Gasteiger partial charge in [0.1, 0.15) is 11.6 Å². The molecular weight excluding hydrogens is 469 g/mol. The Kier molecular flexibility index (Phi) is 8.54. The number of hydrogen-bond donors (Lipinski definition) is 1. The highest BCUT2D eigenvalue weighted by Crippen LogP contribution is 2.38. The van der Waals surface area contributed by atoms with Crippen LogP contribution in [-0.2, 0) is 22.6 Å². The molecule has 1 aromatic heterocycles. The molecule has 0 bridgehead atoms. The van der Waals surface area contributed by atoms with E-state index in [1.54, 1.807) is 18.5 Å². The number of ether oxygens (including phenoxy) is 1. The van der Waals surface area contributed by atoms with Crippen LogP contribution in [0.4, 0.5) is 4.39 Å². The van der Waals surface area contributed by atoms with Crippen molar-refractivity contribution in [1.29, 1.82) is 0 Å². The van der Waals surface area contributed by atoms with E-state index in [9.17, 15) is 14.0 Å². The molecule has 0 spiro atoms. The molecule has 2 atom stereocenters. The first-order valence-corrected chi connectivity index (χ1v) is 12.9. The van der Waals surface area contributed by atoms with Gasteiger partial charge < -0.3 is 15.0 Å². The van der Waals surface area contributed by atoms with Crippen molar-refractivity contribution in [2.75, 3.05) is 6.54 Å². The predicted octanol–water partition coefficient (Wildman–Crippen LogP) is 5.21. The van der Waals surface area contributed by atoms with E-state index in [2.05, 4.69) is 10.3 Å². The lowest BCUT2D eigenvalue weighted by molar-refractivity contribution is -0.134. The number of pyridine rings is 1. The Morgan fingerprint density at radius 3 is 2.62 bits per heavy atom. The van der Waals surface area contributed by atoms with Crippen LogP contribution >= 0.6 is 0 Å². The van der Waals surface area contributed by atoms with Crippen molar-refractivity contribution in [3.05, 3.63) is 95.1 Å². The standard InChI is InChI=1S/C30H34FN3O3/c1-4-27(30(36)33-19-21-10-13-32-14-11-21)37-25-9-8-22-12-15-34(28(35)16-20(2)3)29(26(22)18-25)23-6-5-7-24(31)17-23/h5-11,13-14,17-18,20,27,29H,4,12,15-16,19H2,1-3H3,(H,33,36)/t27-,29+/m0/s1. The Hall–Kier alpha value is -3.74. The fraction of sp³-hybridized carbons (Fsp3) is 0.367. The van der Waals surface area contributed by atoms with Gasteiger partial charge >= 0.3 is 0 Å². The van der Waals surface area contributed by atoms with Gasteiger partial charge in [-0.1, -0.05) is 39.0 Å². The molecule has 0 unspecified atom stereocenters. The van der Waals surface area contributed by atoms with Gasteiger partial charge in [-0.25, -0.2) is 4.39 Å². The monoisotopic (exact) mass is 503 g/mol. The molecule has 0 aliphatic carbocycles. The Morgan fingerprint density at radius 2 is 1.92 bits per heavy atom. The molecule has 37 heavy (non-hydrogen) atoms. The Labute approximate surface area is 217 Å². The molecule has 6 nitrogen and oxygen atoms in total. The molecule has 0 saturated heterocycles. The molecular formula is C30H34FN3O3. The van der Waals surface area contributed by atoms with Gasteiger partial charge in [0.05, 0.1) is 6.04 Å². The summed E-state index contributed by atoms with van der Waals surface area (Å²) in [5, 5.41) is 2.93. The van der Waals surface area contributed by atoms with Crippen molar-refractivity contribution >= 4 is 11.8 Å². The summed E-state index contributed by atoms with van der Waals surface area (Å²) in [4.78, 5) is 31.9. The number of aromatic nitrogens is 1. The van der Waals surface area contributed by atoms with Gasteiger partial charge in [0.25, 0.3) is 5.91 Å². The largest absolute Gasteiger partial charge is 0.481 e. The number of carbonyl (C=O) groups excluding carboxylic acids is 2. The molecule has 194 valence electrons. The quantitative estimate of drug-likeness (QED) is 0.435. The minimum absolute atomic E-state index is 0.0446. The van der Waals surface area contributed by atoms with Gasteiger partial charge in [-0.05, 0) is 77.4 Å². The van der Waals surface area contributed by atoms with E-state index in [4.69, 9.17) is 4.74 Å². The second kappa shape index (κ2) is 12.0. The second-order valence-electron chi connectivity index (χ2n) is 9.84. The second-order valence-corrected chi connectivity index (χ2v) is 9.84. The molecule has 2 heterocycles. The average Bonchev–Trinajstić information content (AvgIpc) is 2.89. The number of nitrogens with one attached hydrogen (secondary N) is 1. The first-order chi connectivity index (χ1) is 17.9. The van der Waals surface area contributed by atoms with Crippen molar-refractivity contribution in [3.63, 3.8) is 0 Å². The number of fused-ring (bicyclic) bond motifs is 1. The molecule has 0 saturated carbocycles. The van der Waals surface area contributed by atoms with E-state index >= 15 is 0 Å². The lowest BCUT2D eigenvalue weighted by Crippen LogP contribution is -2.41. The van der Waals surface area contributed by atoms with E-state index in [1.807, 2.05) is 62.1 Å². The summed E-state index contributed by atoms with van der Waals surface area (Å²) in [6, 6.07) is 15.5. The highest BCUT2D eigenvalue weighted by Gasteiger charge is 2.33. The van der Waals surface area contributed by atoms with Crippen LogP contribution in [0.3, 0.4) is 0 Å². The van der Waals surface area contributed by atoms with Crippen molar-refractivity contribution in [3.8, 4) is 5.75 Å². The molecule has 7 heteroatoms. The van der Waals surface area contributed by atoms with Crippen LogP contribution in [0.5, 0.6) is 5.75 Å². The fourth-order valence-corrected chi connectivity index (χ4v) is 4.73. The third kappa shape index (κ3) is 6.53. The Balaban J connectivity index is 1.59. The van der Waals surface area contributed by atoms with Gasteiger partial charge in [-0.3, -0.25) is 14.6 Å². The van der Waals surface area contributed by atoms with Crippen molar-refractivity contribution in [2.45, 2.75) is 58.7 Å². The van der Waals surface area contributed by atoms with Crippen LogP contribution in [0.25, 0.3) is 0 Å². The average molecular weight is 504 g/mol. The Bertz CT molecular complexity index is 1230. The number of amides is 2. The maximum Gasteiger partial charge on any atom is 0.261 e. The van der Waals surface area contributed by atoms with Crippen LogP contribution in [0.15, 0.2) is 67.0 Å². The van der Waals surface area contributed by atoms with E-state index in [1.165, 1.54) is 12.1 Å². The summed E-state index contributed by atoms with van der Waals surface area (Å²) in [7, 11) is 0. The summed E-state index contributed by atoms with van der Waals surface area (Å²) >= 11 is 0. The smallest absolute Gasteiger partial charge is 0.261 e. The number of halogens is 1. The lowest BCUT2D eigenvalue weighted by Gasteiger charge is -2.38. The summed E-state index contributed by atoms with van der Waals surface area (Å²) in [6.07, 6.45) is 4.32. The predicted molar refractivity (Wildman–Crippen MR) is 140 cm³/mol. The molecule has 1 aliphatic heterocycles. The summed E-state index contributed by atoms with van der Waals surface area (Å²) in [6.45, 7) is 6.89. The summed E-state index contributed by atoms with van der Waals surface area (Å²) in [5.74, 6) is 0.262. The van der Waals surface area contributed by atoms with Crippen molar-refractivity contribution in [2.24, 2.45) is 5.92 Å². The van der Waals surface area contributed by atoms with Crippen LogP contribution in [0, 0.1) is 11.7 Å². The zero-order valence-electron chi connectivity index (χ0n) is 21.6. The molecule has 0 radical (unpaired) electrons. The highest BCUT2D eigenvalue weighted by molar-refractivity contribution is 5.81. The molecule has 2 amide bonds. The van der Waals surface area contributed by atoms with E-state index in [-0.39, 0.29) is 23.5 Å². The highest BCUT2D eigenvalue weighted by atomic mass is 19.1. The number of nitrogens with zero attached hydrogens (tertiary/aromatic N) is 2. The molecule has 0 fully saturated rings. The van der Waals surface area contributed by atoms with Crippen LogP contribution in [0.1, 0.15) is 61.9 Å². The number of benzene rings is 2. The van der Waals surface area contributed by atoms with E-state index in [0.29, 0.717) is 38.1 Å². The first-order valence-electron chi connectivity index (χ1n) is 12.9. The van der Waals surface area contributed by atoms with Crippen LogP contribution < -0.4 is 10.1 Å². The zero-order valence-corrected chi connectivity index (χ0v) is 21.6. The van der Waals surface area contributed by atoms with Crippen LogP contribution in [-0.4, -0.2) is 34.3 Å². The third-order valence-electron chi connectivity index (χ3n) is 6.57. The number of carbonyl (C=O) groups is 2. The van der Waals surface area contributed by atoms with Gasteiger partial charge in [0.15, 0.2) is 6.10 Å². The zero-order chi connectivity index (χ0) is 26.4. The van der Waals surface area contributed by atoms with Crippen LogP contribution in [0.2, 0.25) is 0 Å². The van der Waals surface area contributed by atoms with E-state index in [0.717, 1.165) is 22.3 Å². The van der Waals surface area contributed by atoms with Crippen molar-refractivity contribution in [1.82, 2.24) is 15.2 Å². The van der Waals surface area contributed by atoms with Gasteiger partial charge in [0, 0.05) is 31.9 Å². The minimum Gasteiger partial charge on any atom is -0.481 e. The van der Waals surface area contributed by atoms with Gasteiger partial charge in [0.2, 0.25) is 5.91 Å².